The maximum atomic E-state index is 12.6. The first-order chi connectivity index (χ1) is 12.2. The van der Waals surface area contributed by atoms with Crippen molar-refractivity contribution < 1.29 is 4.79 Å². The minimum absolute atomic E-state index is 0.258. The van der Waals surface area contributed by atoms with Crippen molar-refractivity contribution in [2.24, 2.45) is 0 Å². The molecule has 2 aromatic heterocycles. The van der Waals surface area contributed by atoms with Gasteiger partial charge >= 0.3 is 0 Å². The fraction of sp³-hybridized carbons (Fsp3) is 0. The van der Waals surface area contributed by atoms with Crippen molar-refractivity contribution in [2.75, 3.05) is 5.32 Å². The summed E-state index contributed by atoms with van der Waals surface area (Å²) in [5.41, 5.74) is 3.54. The Bertz CT molecular complexity index is 1110. The zero-order chi connectivity index (χ0) is 17.2. The third-order valence-electron chi connectivity index (χ3n) is 3.65. The van der Waals surface area contributed by atoms with Crippen LogP contribution in [0.1, 0.15) is 10.4 Å². The van der Waals surface area contributed by atoms with Gasteiger partial charge in [-0.05, 0) is 30.3 Å². The van der Waals surface area contributed by atoms with Gasteiger partial charge in [-0.3, -0.25) is 9.59 Å². The Labute approximate surface area is 145 Å². The van der Waals surface area contributed by atoms with Gasteiger partial charge in [0.2, 0.25) is 0 Å². The number of rotatable bonds is 3. The molecule has 4 aromatic rings. The van der Waals surface area contributed by atoms with Crippen molar-refractivity contribution in [1.82, 2.24) is 18.9 Å². The maximum absolute atomic E-state index is 12.6. The van der Waals surface area contributed by atoms with Crippen LogP contribution < -0.4 is 10.9 Å². The first kappa shape index (κ1) is 15.2. The summed E-state index contributed by atoms with van der Waals surface area (Å²) in [4.78, 5) is 23.8. The summed E-state index contributed by atoms with van der Waals surface area (Å²) in [5.74, 6) is -0.258. The van der Waals surface area contributed by atoms with E-state index in [1.165, 1.54) is 6.07 Å². The molecule has 0 bridgehead atoms. The summed E-state index contributed by atoms with van der Waals surface area (Å²) in [6.07, 6.45) is 0. The van der Waals surface area contributed by atoms with Gasteiger partial charge in [0, 0.05) is 17.2 Å². The molecule has 2 N–H and O–H groups in total. The van der Waals surface area contributed by atoms with Crippen LogP contribution in [0.5, 0.6) is 0 Å². The van der Waals surface area contributed by atoms with E-state index in [2.05, 4.69) is 24.3 Å². The number of amides is 1. The molecule has 0 saturated carbocycles. The van der Waals surface area contributed by atoms with E-state index in [0.717, 1.165) is 17.2 Å². The second-order valence-corrected chi connectivity index (χ2v) is 5.80. The quantitative estimate of drug-likeness (QED) is 0.592. The molecule has 7 nitrogen and oxygen atoms in total. The molecule has 0 saturated heterocycles. The fourth-order valence-electron chi connectivity index (χ4n) is 2.43. The Balaban J connectivity index is 1.67. The molecule has 0 aliphatic rings. The molecular weight excluding hydrogens is 338 g/mol. The molecule has 0 aliphatic carbocycles. The summed E-state index contributed by atoms with van der Waals surface area (Å²) in [5, 5.41) is 9.29. The number of nitrogens with zero attached hydrogens (tertiary/aromatic N) is 3. The molecule has 0 spiro atoms. The van der Waals surface area contributed by atoms with E-state index in [-0.39, 0.29) is 11.5 Å². The van der Waals surface area contributed by atoms with E-state index in [1.54, 1.807) is 30.3 Å². The van der Waals surface area contributed by atoms with Crippen LogP contribution in [0.4, 0.5) is 5.69 Å². The van der Waals surface area contributed by atoms with Gasteiger partial charge in [-0.25, -0.2) is 5.10 Å². The zero-order valence-electron chi connectivity index (χ0n) is 12.8. The largest absolute Gasteiger partial charge is 0.321 e. The topological polar surface area (TPSA) is 101 Å². The Morgan fingerprint density at radius 2 is 1.84 bits per heavy atom. The molecular formula is C17H11N5O2S. The molecule has 0 unspecified atom stereocenters. The van der Waals surface area contributed by atoms with E-state index in [9.17, 15) is 9.59 Å². The highest BCUT2D eigenvalue weighted by atomic mass is 32.1. The van der Waals surface area contributed by atoms with Crippen LogP contribution in [0.3, 0.4) is 0 Å². The first-order valence-electron chi connectivity index (χ1n) is 7.39. The van der Waals surface area contributed by atoms with Crippen molar-refractivity contribution in [3.05, 3.63) is 70.5 Å². The Hall–Kier alpha value is -3.39. The van der Waals surface area contributed by atoms with Gasteiger partial charge in [0.15, 0.2) is 0 Å². The molecule has 122 valence electrons. The second kappa shape index (κ2) is 6.25. The lowest BCUT2D eigenvalue weighted by Gasteiger charge is -2.10. The minimum Gasteiger partial charge on any atom is -0.321 e. The minimum atomic E-state index is -0.282. The third kappa shape index (κ3) is 3.02. The number of nitrogens with one attached hydrogen (secondary N) is 2. The second-order valence-electron chi connectivity index (χ2n) is 5.27. The standard InChI is InChI=1S/C17H11N5O2S/c23-16-8-7-13(19-20-16)11-3-1-2-4-12(11)18-17(24)10-5-6-14-15(9-10)22-25-21-14/h1-9H,(H,18,24)(H,20,23). The summed E-state index contributed by atoms with van der Waals surface area (Å²) in [7, 11) is 0. The monoisotopic (exact) mass is 349 g/mol. The van der Waals surface area contributed by atoms with Crippen LogP contribution in [0, 0.1) is 0 Å². The average molecular weight is 349 g/mol. The lowest BCUT2D eigenvalue weighted by Crippen LogP contribution is -2.13. The number of H-pyrrole nitrogens is 1. The SMILES string of the molecule is O=C(Nc1ccccc1-c1ccc(=O)[nH]n1)c1ccc2nsnc2c1. The highest BCUT2D eigenvalue weighted by Crippen LogP contribution is 2.26. The molecule has 4 rings (SSSR count). The number of fused-ring (bicyclic) bond motifs is 1. The Morgan fingerprint density at radius 1 is 1.00 bits per heavy atom. The molecule has 25 heavy (non-hydrogen) atoms. The van der Waals surface area contributed by atoms with Gasteiger partial charge in [-0.2, -0.15) is 13.8 Å². The van der Waals surface area contributed by atoms with Crippen molar-refractivity contribution in [3.8, 4) is 11.3 Å². The number of hydrogen-bond acceptors (Lipinski definition) is 6. The number of aromatic nitrogens is 4. The number of hydrogen-bond donors (Lipinski definition) is 2. The predicted molar refractivity (Wildman–Crippen MR) is 95.7 cm³/mol. The molecule has 0 atom stereocenters. The highest BCUT2D eigenvalue weighted by Gasteiger charge is 2.12. The van der Waals surface area contributed by atoms with Crippen molar-refractivity contribution >= 4 is 34.4 Å². The van der Waals surface area contributed by atoms with Crippen LogP contribution in [0.25, 0.3) is 22.3 Å². The lowest BCUT2D eigenvalue weighted by atomic mass is 10.1. The third-order valence-corrected chi connectivity index (χ3v) is 4.20. The van der Waals surface area contributed by atoms with E-state index < -0.39 is 0 Å². The lowest BCUT2D eigenvalue weighted by molar-refractivity contribution is 0.102. The Morgan fingerprint density at radius 3 is 2.68 bits per heavy atom. The van der Waals surface area contributed by atoms with Gasteiger partial charge in [0.25, 0.3) is 11.5 Å². The molecule has 1 amide bonds. The molecule has 2 heterocycles. The van der Waals surface area contributed by atoms with Crippen molar-refractivity contribution in [3.63, 3.8) is 0 Å². The van der Waals surface area contributed by atoms with E-state index in [1.807, 2.05) is 18.2 Å². The normalized spacial score (nSPS) is 10.7. The van der Waals surface area contributed by atoms with Gasteiger partial charge in [-0.15, -0.1) is 0 Å². The number of para-hydroxylation sites is 1. The number of aromatic amines is 1. The zero-order valence-corrected chi connectivity index (χ0v) is 13.6. The molecule has 0 fully saturated rings. The van der Waals surface area contributed by atoms with Gasteiger partial charge in [0.05, 0.1) is 23.1 Å². The van der Waals surface area contributed by atoms with Crippen molar-refractivity contribution in [1.29, 1.82) is 0 Å². The van der Waals surface area contributed by atoms with Crippen LogP contribution in [-0.4, -0.2) is 24.9 Å². The van der Waals surface area contributed by atoms with Crippen molar-refractivity contribution in [2.45, 2.75) is 0 Å². The number of carbonyl (C=O) groups excluding carboxylic acids is 1. The van der Waals surface area contributed by atoms with E-state index >= 15 is 0 Å². The summed E-state index contributed by atoms with van der Waals surface area (Å²) in [6.45, 7) is 0. The average Bonchev–Trinajstić information content (AvgIpc) is 3.11. The summed E-state index contributed by atoms with van der Waals surface area (Å²) >= 11 is 1.11. The first-order valence-corrected chi connectivity index (χ1v) is 8.12. The van der Waals surface area contributed by atoms with Crippen LogP contribution in [0.2, 0.25) is 0 Å². The number of benzene rings is 2. The van der Waals surface area contributed by atoms with Gasteiger partial charge in [-0.1, -0.05) is 18.2 Å². The van der Waals surface area contributed by atoms with E-state index in [0.29, 0.717) is 28.0 Å². The summed E-state index contributed by atoms with van der Waals surface area (Å²) in [6, 6.07) is 15.4. The van der Waals surface area contributed by atoms with Crippen LogP contribution >= 0.6 is 11.7 Å². The van der Waals surface area contributed by atoms with Gasteiger partial charge < -0.3 is 5.32 Å². The molecule has 0 aliphatic heterocycles. The number of anilines is 1. The van der Waals surface area contributed by atoms with E-state index in [4.69, 9.17) is 0 Å². The molecule has 8 heteroatoms. The number of carbonyl (C=O) groups is 1. The predicted octanol–water partition coefficient (Wildman–Crippen LogP) is 2.69. The summed E-state index contributed by atoms with van der Waals surface area (Å²) < 4.78 is 8.27. The fourth-order valence-corrected chi connectivity index (χ4v) is 2.95. The maximum Gasteiger partial charge on any atom is 0.264 e. The molecule has 2 aromatic carbocycles. The highest BCUT2D eigenvalue weighted by molar-refractivity contribution is 7.00. The van der Waals surface area contributed by atoms with Gasteiger partial charge in [0.1, 0.15) is 11.0 Å². The molecule has 0 radical (unpaired) electrons. The Kier molecular flexibility index (Phi) is 3.79. The van der Waals surface area contributed by atoms with Crippen LogP contribution in [-0.2, 0) is 0 Å². The smallest absolute Gasteiger partial charge is 0.264 e. The van der Waals surface area contributed by atoms with Crippen LogP contribution in [0.15, 0.2) is 59.4 Å².